The molecule has 2 heterocycles. The number of rotatable bonds is 7. The Hall–Kier alpha value is -4.25. The Labute approximate surface area is 304 Å². The van der Waals surface area contributed by atoms with Crippen LogP contribution in [0.2, 0.25) is 0 Å². The zero-order valence-corrected chi connectivity index (χ0v) is 32.4. The van der Waals surface area contributed by atoms with Gasteiger partial charge in [-0.1, -0.05) is 126 Å². The number of imidazole rings is 1. The molecule has 49 heavy (non-hydrogen) atoms. The van der Waals surface area contributed by atoms with Crippen molar-refractivity contribution in [3.63, 3.8) is 0 Å². The number of aliphatic hydroxyl groups excluding tert-OH is 1. The van der Waals surface area contributed by atoms with E-state index < -0.39 is 0 Å². The van der Waals surface area contributed by atoms with Crippen LogP contribution in [-0.4, -0.2) is 20.4 Å². The van der Waals surface area contributed by atoms with Crippen molar-refractivity contribution in [2.75, 3.05) is 0 Å². The van der Waals surface area contributed by atoms with Gasteiger partial charge in [0.15, 0.2) is 5.78 Å². The maximum Gasteiger partial charge on any atom is 0.155 e. The molecule has 0 atom stereocenters. The smallest absolute Gasteiger partial charge is 0.155 e. The zero-order valence-electron chi connectivity index (χ0n) is 30.0. The second kappa shape index (κ2) is 15.5. The average molecular weight is 832 g/mol. The number of carbonyl (C=O) groups excluding carboxylic acids is 1. The van der Waals surface area contributed by atoms with Crippen LogP contribution in [0, 0.1) is 11.7 Å². The quantitative estimate of drug-likeness (QED) is 0.0988. The van der Waals surface area contributed by atoms with E-state index in [1.54, 1.807) is 0 Å². The number of aliphatic hydroxyl groups is 1. The molecule has 0 bridgehead atoms. The second-order valence-electron chi connectivity index (χ2n) is 14.5. The van der Waals surface area contributed by atoms with Gasteiger partial charge in [-0.05, 0) is 84.0 Å². The Morgan fingerprint density at radius 3 is 2.04 bits per heavy atom. The summed E-state index contributed by atoms with van der Waals surface area (Å²) in [5, 5.41) is 9.42. The standard InChI is InChI=1S/C38H39N2O.C5H8O2.Ir/c1-24(2)29-20-28(27-13-9-8-10-14-27)21-30(25(3)4)36(29)40-34-16-12-11-15-33(34)39-37(40)32-23-41-35-18-17-26(19-31(32)35)22-38(5,6)7;1-4(6)3-5(2)7;/h8-21,24-25H,22H2,1-7H3;3,6H,1-2H3;/q-1;;/b;4-3-;. The van der Waals surface area contributed by atoms with Gasteiger partial charge in [-0.15, -0.1) is 0 Å². The maximum absolute atomic E-state index is 10.0. The molecule has 5 nitrogen and oxygen atoms in total. The average Bonchev–Trinajstić information content (AvgIpc) is 3.60. The summed E-state index contributed by atoms with van der Waals surface area (Å²) < 4.78 is 8.40. The van der Waals surface area contributed by atoms with Gasteiger partial charge >= 0.3 is 0 Å². The molecule has 0 aliphatic rings. The SMILES string of the molecule is CC(=O)/C=C(/C)O.CC(C)c1cc(-c2ccccc2)cc(C(C)C)c1-n1c(-c2[c-]oc3ccc(CC(C)(C)C)cc23)nc2ccccc21.[Ir]. The molecule has 4 aromatic carbocycles. The third-order valence-electron chi connectivity index (χ3n) is 8.25. The van der Waals surface area contributed by atoms with Crippen LogP contribution < -0.4 is 0 Å². The molecule has 1 N–H and O–H groups in total. The first-order valence-electron chi connectivity index (χ1n) is 16.8. The molecule has 0 saturated carbocycles. The molecule has 0 amide bonds. The molecule has 0 aliphatic heterocycles. The van der Waals surface area contributed by atoms with Crippen molar-refractivity contribution in [1.29, 1.82) is 0 Å². The van der Waals surface area contributed by atoms with E-state index in [0.29, 0.717) is 11.8 Å². The van der Waals surface area contributed by atoms with Gasteiger partial charge < -0.3 is 14.1 Å². The minimum Gasteiger partial charge on any atom is -0.557 e. The third-order valence-corrected chi connectivity index (χ3v) is 8.25. The van der Waals surface area contributed by atoms with Crippen molar-refractivity contribution in [2.24, 2.45) is 5.41 Å². The van der Waals surface area contributed by atoms with Crippen LogP contribution >= 0.6 is 0 Å². The number of benzene rings is 4. The van der Waals surface area contributed by atoms with Gasteiger partial charge in [0, 0.05) is 43.7 Å². The van der Waals surface area contributed by atoms with E-state index in [1.165, 1.54) is 53.4 Å². The molecule has 1 radical (unpaired) electrons. The van der Waals surface area contributed by atoms with Crippen LogP contribution in [0.1, 0.15) is 90.8 Å². The number of furan rings is 1. The van der Waals surface area contributed by atoms with E-state index in [2.05, 4.69) is 144 Å². The number of hydrogen-bond acceptors (Lipinski definition) is 4. The number of carbonyl (C=O) groups is 1. The Bertz CT molecular complexity index is 2060. The monoisotopic (exact) mass is 832 g/mol. The van der Waals surface area contributed by atoms with E-state index in [4.69, 9.17) is 14.5 Å². The van der Waals surface area contributed by atoms with Gasteiger partial charge in [-0.25, -0.2) is 0 Å². The number of aromatic nitrogens is 2. The van der Waals surface area contributed by atoms with Crippen molar-refractivity contribution < 1.29 is 34.4 Å². The number of allylic oxidation sites excluding steroid dienone is 2. The Kier molecular flexibility index (Phi) is 11.9. The molecule has 6 rings (SSSR count). The van der Waals surface area contributed by atoms with Gasteiger partial charge in [0.1, 0.15) is 0 Å². The van der Waals surface area contributed by atoms with Crippen molar-refractivity contribution in [1.82, 2.24) is 9.55 Å². The summed E-state index contributed by atoms with van der Waals surface area (Å²) in [4.78, 5) is 15.3. The summed E-state index contributed by atoms with van der Waals surface area (Å²) in [5.74, 6) is 1.42. The van der Waals surface area contributed by atoms with Crippen molar-refractivity contribution in [2.45, 2.75) is 80.6 Å². The molecule has 0 spiro atoms. The van der Waals surface area contributed by atoms with Gasteiger partial charge in [0.25, 0.3) is 0 Å². The van der Waals surface area contributed by atoms with Crippen molar-refractivity contribution in [3.8, 4) is 28.2 Å². The Morgan fingerprint density at radius 2 is 1.49 bits per heavy atom. The van der Waals surface area contributed by atoms with Crippen LogP contribution in [0.5, 0.6) is 0 Å². The van der Waals surface area contributed by atoms with Gasteiger partial charge in [-0.3, -0.25) is 9.78 Å². The number of ketones is 1. The van der Waals surface area contributed by atoms with Gasteiger partial charge in [0.2, 0.25) is 0 Å². The van der Waals surface area contributed by atoms with E-state index in [1.807, 2.05) is 0 Å². The zero-order chi connectivity index (χ0) is 34.7. The first kappa shape index (κ1) is 37.6. The number of fused-ring (bicyclic) bond motifs is 2. The number of para-hydroxylation sites is 2. The molecule has 6 aromatic rings. The summed E-state index contributed by atoms with van der Waals surface area (Å²) in [5.41, 5.74) is 11.6. The van der Waals surface area contributed by atoms with Crippen LogP contribution in [0.3, 0.4) is 0 Å². The molecule has 0 aliphatic carbocycles. The largest absolute Gasteiger partial charge is 0.557 e. The Balaban J connectivity index is 0.000000613. The molecular weight excluding hydrogens is 785 g/mol. The minimum absolute atomic E-state index is 0. The van der Waals surface area contributed by atoms with E-state index in [9.17, 15) is 4.79 Å². The minimum atomic E-state index is -0.125. The van der Waals surface area contributed by atoms with Crippen molar-refractivity contribution >= 4 is 27.8 Å². The summed E-state index contributed by atoms with van der Waals surface area (Å²) in [6, 6.07) is 30.4. The van der Waals surface area contributed by atoms with E-state index >= 15 is 0 Å². The van der Waals surface area contributed by atoms with Gasteiger partial charge in [-0.2, -0.15) is 0 Å². The third kappa shape index (κ3) is 8.68. The molecule has 0 fully saturated rings. The fraction of sp³-hybridized carbons (Fsp3) is 0.302. The number of nitrogens with zero attached hydrogens (tertiary/aromatic N) is 2. The predicted molar refractivity (Wildman–Crippen MR) is 199 cm³/mol. The molecule has 2 aromatic heterocycles. The van der Waals surface area contributed by atoms with Crippen LogP contribution in [-0.2, 0) is 31.3 Å². The summed E-state index contributed by atoms with van der Waals surface area (Å²) in [7, 11) is 0. The first-order chi connectivity index (χ1) is 22.7. The molecular formula is C43H47IrN2O3-. The normalized spacial score (nSPS) is 11.9. The first-order valence-corrected chi connectivity index (χ1v) is 16.8. The van der Waals surface area contributed by atoms with E-state index in [-0.39, 0.29) is 37.1 Å². The van der Waals surface area contributed by atoms with Gasteiger partial charge in [0.05, 0.1) is 22.6 Å². The maximum atomic E-state index is 10.0. The van der Waals surface area contributed by atoms with Crippen molar-refractivity contribution in [3.05, 3.63) is 120 Å². The van der Waals surface area contributed by atoms with Crippen LogP contribution in [0.4, 0.5) is 0 Å². The molecule has 6 heteroatoms. The summed E-state index contributed by atoms with van der Waals surface area (Å²) in [6.45, 7) is 18.8. The number of hydrogen-bond donors (Lipinski definition) is 1. The molecule has 257 valence electrons. The molecule has 0 unspecified atom stereocenters. The van der Waals surface area contributed by atoms with E-state index in [0.717, 1.165) is 39.8 Å². The van der Waals surface area contributed by atoms with Crippen LogP contribution in [0.15, 0.2) is 101 Å². The Morgan fingerprint density at radius 1 is 0.878 bits per heavy atom. The van der Waals surface area contributed by atoms with Crippen LogP contribution in [0.25, 0.3) is 50.2 Å². The molecule has 0 saturated heterocycles. The summed E-state index contributed by atoms with van der Waals surface area (Å²) in [6.07, 6.45) is 5.42. The topological polar surface area (TPSA) is 68.3 Å². The second-order valence-corrected chi connectivity index (χ2v) is 14.5. The fourth-order valence-electron chi connectivity index (χ4n) is 6.24. The fourth-order valence-corrected chi connectivity index (χ4v) is 6.24. The predicted octanol–water partition coefficient (Wildman–Crippen LogP) is 11.8. The summed E-state index contributed by atoms with van der Waals surface area (Å²) >= 11 is 0.